The van der Waals surface area contributed by atoms with Crippen molar-refractivity contribution in [3.05, 3.63) is 47.6 Å². The number of ether oxygens (including phenoxy) is 6. The van der Waals surface area contributed by atoms with Gasteiger partial charge in [0.15, 0.2) is 5.78 Å². The van der Waals surface area contributed by atoms with E-state index in [1.807, 2.05) is 51.2 Å². The Labute approximate surface area is 520 Å². The highest BCUT2D eigenvalue weighted by molar-refractivity contribution is 8.00. The molecule has 3 aliphatic heterocycles. The molecule has 2 saturated heterocycles. The van der Waals surface area contributed by atoms with Crippen molar-refractivity contribution in [3.63, 3.8) is 0 Å². The van der Waals surface area contributed by atoms with Gasteiger partial charge in [-0.2, -0.15) is 0 Å². The van der Waals surface area contributed by atoms with Crippen LogP contribution in [0, 0.1) is 35.5 Å². The first kappa shape index (κ1) is 74.8. The molecule has 25 heteroatoms. The number of rotatable bonds is 19. The number of nitrogens with two attached hydrogens (primary N) is 1. The highest BCUT2D eigenvalue weighted by Crippen LogP contribution is 2.38. The van der Waals surface area contributed by atoms with Gasteiger partial charge in [0, 0.05) is 70.6 Å². The summed E-state index contributed by atoms with van der Waals surface area (Å²) >= 11 is 0.935. The number of Topliss-reactive ketones (excluding diaryl/α,β-unsaturated/α-hetero) is 3. The molecule has 0 spiro atoms. The number of hydrogen-bond donors (Lipinski definition) is 7. The molecule has 1 saturated carbocycles. The average molecular weight is 1260 g/mol. The minimum atomic E-state index is -2.51. The van der Waals surface area contributed by atoms with Gasteiger partial charge >= 0.3 is 23.9 Å². The molecule has 88 heavy (non-hydrogen) atoms. The van der Waals surface area contributed by atoms with Gasteiger partial charge in [0.05, 0.1) is 24.1 Å². The van der Waals surface area contributed by atoms with Gasteiger partial charge in [0.2, 0.25) is 17.6 Å². The maximum atomic E-state index is 14.7. The SMILES string of the molecule is CO[C@H]1C[C@@H]2CC[C@@H](C)[C@@](O)(O2)C(=O)C(=O)N2CCCC[C@H]2C(=O)OC([C@H](C)C[C@@H]2CC[C@@H](OC(=O)CSC[C@H](NC(=O)CC[C@H](N)C(=O)O)C(=O)NCC(=O)O)[C@H](OC)C2)CC(=O)[C@H](C)/C=C(\C)[C@@H](O)[C@@H](OC)C(=O)[C@H](C)C[C@@H](C)/C=C\C=CC=C1C. The minimum Gasteiger partial charge on any atom is -0.480 e. The number of aliphatic hydroxyl groups excluding tert-OH is 1. The fourth-order valence-corrected chi connectivity index (χ4v) is 12.7. The maximum absolute atomic E-state index is 14.7. The first-order valence-corrected chi connectivity index (χ1v) is 31.7. The molecule has 4 aliphatic rings. The second kappa shape index (κ2) is 36.2. The number of carbonyl (C=O) groups is 10. The number of nitrogens with zero attached hydrogens (tertiary/aromatic N) is 1. The van der Waals surface area contributed by atoms with Crippen LogP contribution >= 0.6 is 11.8 Å². The fraction of sp³-hybridized carbons (Fsp3) is 0.714. The van der Waals surface area contributed by atoms with Crippen LogP contribution in [0.4, 0.5) is 0 Å². The molecule has 3 heterocycles. The molecule has 0 aromatic rings. The summed E-state index contributed by atoms with van der Waals surface area (Å²) in [5, 5.41) is 46.4. The molecule has 4 rings (SSSR count). The Kier molecular flexibility index (Phi) is 30.8. The predicted molar refractivity (Wildman–Crippen MR) is 324 cm³/mol. The Bertz CT molecular complexity index is 2560. The second-order valence-corrected chi connectivity index (χ2v) is 25.3. The molecule has 3 amide bonds. The van der Waals surface area contributed by atoms with Crippen LogP contribution in [0.3, 0.4) is 0 Å². The lowest BCUT2D eigenvalue weighted by Gasteiger charge is -2.42. The lowest BCUT2D eigenvalue weighted by Crippen LogP contribution is -2.61. The molecule has 0 aromatic heterocycles. The number of hydrogen-bond acceptors (Lipinski definition) is 20. The number of fused-ring (bicyclic) bond motifs is 3. The van der Waals surface area contributed by atoms with Gasteiger partial charge in [-0.05, 0) is 113 Å². The number of piperidine rings is 1. The smallest absolute Gasteiger partial charge is 0.329 e. The van der Waals surface area contributed by atoms with Gasteiger partial charge in [-0.25, -0.2) is 4.79 Å². The predicted octanol–water partition coefficient (Wildman–Crippen LogP) is 4.34. The fourth-order valence-electron chi connectivity index (χ4n) is 11.8. The molecule has 1 unspecified atom stereocenters. The number of aliphatic carboxylic acids is 2. The molecule has 0 radical (unpaired) electrons. The van der Waals surface area contributed by atoms with Crippen molar-refractivity contribution in [2.75, 3.05) is 45.9 Å². The van der Waals surface area contributed by atoms with Gasteiger partial charge in [0.25, 0.3) is 11.7 Å². The van der Waals surface area contributed by atoms with Gasteiger partial charge in [-0.1, -0.05) is 71.1 Å². The van der Waals surface area contributed by atoms with Crippen molar-refractivity contribution in [1.29, 1.82) is 0 Å². The van der Waals surface area contributed by atoms with Crippen molar-refractivity contribution >= 4 is 70.7 Å². The average Bonchev–Trinajstić information content (AvgIpc) is 2.33. The summed E-state index contributed by atoms with van der Waals surface area (Å²) in [7, 11) is 4.35. The molecule has 494 valence electrons. The van der Waals surface area contributed by atoms with Crippen LogP contribution < -0.4 is 16.4 Å². The van der Waals surface area contributed by atoms with Crippen molar-refractivity contribution < 1.29 is 96.8 Å². The third kappa shape index (κ3) is 22.4. The van der Waals surface area contributed by atoms with Gasteiger partial charge in [0.1, 0.15) is 54.9 Å². The number of carbonyl (C=O) groups excluding carboxylic acids is 8. The monoisotopic (exact) mass is 1260 g/mol. The minimum absolute atomic E-state index is 0.00480. The van der Waals surface area contributed by atoms with Crippen molar-refractivity contribution in [2.45, 2.75) is 205 Å². The Morgan fingerprint density at radius 2 is 1.59 bits per heavy atom. The third-order valence-corrected chi connectivity index (χ3v) is 18.3. The van der Waals surface area contributed by atoms with E-state index in [0.717, 1.165) is 22.2 Å². The van der Waals surface area contributed by atoms with Gasteiger partial charge in [-0.3, -0.25) is 43.2 Å². The number of ketones is 3. The van der Waals surface area contributed by atoms with E-state index in [0.29, 0.717) is 63.4 Å². The molecule has 0 aromatic carbocycles. The number of amides is 3. The summed E-state index contributed by atoms with van der Waals surface area (Å²) in [6, 6.07) is -3.87. The number of allylic oxidation sites excluding steroid dienone is 6. The van der Waals surface area contributed by atoms with Crippen LogP contribution in [-0.4, -0.2) is 197 Å². The molecule has 1 aliphatic carbocycles. The quantitative estimate of drug-likeness (QED) is 0.0537. The van der Waals surface area contributed by atoms with Crippen molar-refractivity contribution in [3.8, 4) is 0 Å². The number of aliphatic hydroxyl groups is 2. The van der Waals surface area contributed by atoms with Crippen molar-refractivity contribution in [2.24, 2.45) is 41.2 Å². The summed E-state index contributed by atoms with van der Waals surface area (Å²) in [6.45, 7) is 11.6. The number of nitrogens with one attached hydrogen (secondary N) is 2. The van der Waals surface area contributed by atoms with Crippen LogP contribution in [0.25, 0.3) is 0 Å². The Morgan fingerprint density at radius 1 is 0.875 bits per heavy atom. The highest BCUT2D eigenvalue weighted by Gasteiger charge is 2.53. The van der Waals surface area contributed by atoms with Crippen LogP contribution in [0.2, 0.25) is 0 Å². The zero-order valence-electron chi connectivity index (χ0n) is 52.7. The molecule has 2 bridgehead atoms. The lowest BCUT2D eigenvalue weighted by molar-refractivity contribution is -0.265. The van der Waals surface area contributed by atoms with E-state index in [9.17, 15) is 58.2 Å². The molecular formula is C63H96N4O20S. The second-order valence-electron chi connectivity index (χ2n) is 24.3. The Hall–Kier alpha value is -5.67. The number of carboxylic acid groups (broad SMARTS) is 2. The topological polar surface area (TPSA) is 360 Å². The largest absolute Gasteiger partial charge is 0.480 e. The van der Waals surface area contributed by atoms with Crippen LogP contribution in [0.5, 0.6) is 0 Å². The van der Waals surface area contributed by atoms with Crippen molar-refractivity contribution in [1.82, 2.24) is 15.5 Å². The normalized spacial score (nSPS) is 32.4. The van der Waals surface area contributed by atoms with E-state index < -0.39 is 144 Å². The first-order chi connectivity index (χ1) is 41.5. The number of cyclic esters (lactones) is 1. The van der Waals surface area contributed by atoms with E-state index in [2.05, 4.69) is 10.6 Å². The van der Waals surface area contributed by atoms with E-state index in [1.54, 1.807) is 40.9 Å². The zero-order chi connectivity index (χ0) is 65.6. The maximum Gasteiger partial charge on any atom is 0.329 e. The van der Waals surface area contributed by atoms with Crippen LogP contribution in [-0.2, 0) is 76.4 Å². The first-order valence-electron chi connectivity index (χ1n) is 30.6. The zero-order valence-corrected chi connectivity index (χ0v) is 53.5. The summed E-state index contributed by atoms with van der Waals surface area (Å²) < 4.78 is 35.7. The Morgan fingerprint density at radius 3 is 2.25 bits per heavy atom. The molecular weight excluding hydrogens is 1160 g/mol. The third-order valence-electron chi connectivity index (χ3n) is 17.3. The molecule has 17 atom stereocenters. The van der Waals surface area contributed by atoms with E-state index in [4.69, 9.17) is 44.4 Å². The van der Waals surface area contributed by atoms with Crippen LogP contribution in [0.1, 0.15) is 138 Å². The molecule has 24 nitrogen and oxygen atoms in total. The lowest BCUT2D eigenvalue weighted by atomic mass is 9.78. The number of esters is 2. The standard InChI is InChI=1S/C63H96N4O20S/c1-35-16-12-11-13-17-36(2)49(82-8)30-43-21-19-41(7)63(81,87-43)58(75)60(77)67-25-15-14-18-46(67)62(80)86-50(31-47(68)37(3)27-40(6)56(74)57(84-10)55(73)39(5)26-35)38(4)28-42-20-23-48(51(29-42)83-9)85-54(72)34-88-33-45(59(76)65-32-53(70)71)66-52(69)24-22-44(64)61(78)79/h11-13,16-17,27,35,37-39,41-46,48-51,56-57,74,81H,14-15,18-26,28-34,64H2,1-10H3,(H,65,76)(H,66,69)(H,70,71)(H,78,79)/b13-11?,16-12-,36-17?,40-27+/t35-,37+,38+,39+,41+,42-,43-,44-,45-,46-,48+,49-,50?,51+,56+,57-,63+/m0/s1. The van der Waals surface area contributed by atoms with Gasteiger partial charge in [-0.15, -0.1) is 11.8 Å². The number of methoxy groups -OCH3 is 3. The van der Waals surface area contributed by atoms with Crippen LogP contribution in [0.15, 0.2) is 47.6 Å². The molecule has 8 N–H and O–H groups in total. The number of carboxylic acids is 2. The highest BCUT2D eigenvalue weighted by atomic mass is 32.2. The van der Waals surface area contributed by atoms with E-state index in [-0.39, 0.29) is 73.6 Å². The van der Waals surface area contributed by atoms with E-state index >= 15 is 0 Å². The van der Waals surface area contributed by atoms with E-state index in [1.165, 1.54) is 14.2 Å². The summed E-state index contributed by atoms with van der Waals surface area (Å²) in [5.41, 5.74) is 6.65. The summed E-state index contributed by atoms with van der Waals surface area (Å²) in [4.78, 5) is 134. The summed E-state index contributed by atoms with van der Waals surface area (Å²) in [5.74, 6) is -14.5. The van der Waals surface area contributed by atoms with Gasteiger partial charge < -0.3 is 70.1 Å². The molecule has 3 fully saturated rings. The summed E-state index contributed by atoms with van der Waals surface area (Å²) in [6.07, 6.45) is 8.18. The Balaban J connectivity index is 1.59. The number of thioether (sulfide) groups is 1.